The predicted molar refractivity (Wildman–Crippen MR) is 119 cm³/mol. The fourth-order valence-corrected chi connectivity index (χ4v) is 6.38. The van der Waals surface area contributed by atoms with E-state index in [1.165, 1.54) is 11.1 Å². The van der Waals surface area contributed by atoms with Gasteiger partial charge in [0.05, 0.1) is 0 Å². The molecule has 1 atom stereocenters. The highest BCUT2D eigenvalue weighted by molar-refractivity contribution is 5.97. The SMILES string of the molecule is C=C1C=C(N2CCC3(CC2)c2ccccc2CC3CCO)NC(=O)C2=C1CCCC2. The standard InChI is InChI=1S/C26H32N2O2/c1-18-16-24(27-25(30)22-8-4-3-7-21(18)22)28-13-11-26(12-14-28)20(10-15-29)17-19-6-2-5-9-23(19)26/h2,5-6,9,16,20,29H,1,3-4,7-8,10-15,17H2,(H,27,30). The Labute approximate surface area is 179 Å². The molecule has 1 aromatic rings. The monoisotopic (exact) mass is 404 g/mol. The van der Waals surface area contributed by atoms with Gasteiger partial charge in [0.25, 0.3) is 5.91 Å². The van der Waals surface area contributed by atoms with E-state index in [1.54, 1.807) is 0 Å². The molecule has 2 aliphatic carbocycles. The van der Waals surface area contributed by atoms with Crippen LogP contribution >= 0.6 is 0 Å². The first-order chi connectivity index (χ1) is 14.6. The van der Waals surface area contributed by atoms with Gasteiger partial charge in [-0.05, 0) is 85.6 Å². The number of hydrogen-bond acceptors (Lipinski definition) is 3. The lowest BCUT2D eigenvalue weighted by atomic mass is 9.67. The third kappa shape index (κ3) is 3.13. The molecule has 0 bridgehead atoms. The van der Waals surface area contributed by atoms with Gasteiger partial charge in [0.2, 0.25) is 0 Å². The van der Waals surface area contributed by atoms with E-state index in [0.29, 0.717) is 5.92 Å². The Morgan fingerprint density at radius 3 is 2.63 bits per heavy atom. The van der Waals surface area contributed by atoms with Gasteiger partial charge >= 0.3 is 0 Å². The predicted octanol–water partition coefficient (Wildman–Crippen LogP) is 3.97. The van der Waals surface area contributed by atoms with Crippen molar-refractivity contribution >= 4 is 5.91 Å². The third-order valence-electron chi connectivity index (χ3n) is 7.96. The molecule has 0 aromatic heterocycles. The molecule has 158 valence electrons. The number of piperidine rings is 1. The molecule has 4 heteroatoms. The summed E-state index contributed by atoms with van der Waals surface area (Å²) in [5.41, 5.74) is 6.20. The second kappa shape index (κ2) is 7.73. The zero-order valence-corrected chi connectivity index (χ0v) is 17.8. The molecular weight excluding hydrogens is 372 g/mol. The number of aliphatic hydroxyl groups is 1. The van der Waals surface area contributed by atoms with Gasteiger partial charge in [0.15, 0.2) is 0 Å². The first kappa shape index (κ1) is 19.6. The van der Waals surface area contributed by atoms with Crippen LogP contribution in [0.3, 0.4) is 0 Å². The highest BCUT2D eigenvalue weighted by Crippen LogP contribution is 2.51. The van der Waals surface area contributed by atoms with Gasteiger partial charge in [-0.1, -0.05) is 30.8 Å². The van der Waals surface area contributed by atoms with Crippen molar-refractivity contribution in [3.05, 3.63) is 70.6 Å². The van der Waals surface area contributed by atoms with Crippen LogP contribution in [0.4, 0.5) is 0 Å². The van der Waals surface area contributed by atoms with Crippen molar-refractivity contribution in [1.29, 1.82) is 0 Å². The van der Waals surface area contributed by atoms with Crippen LogP contribution in [0.25, 0.3) is 0 Å². The molecule has 1 spiro atoms. The highest BCUT2D eigenvalue weighted by atomic mass is 16.3. The number of hydrogen-bond donors (Lipinski definition) is 2. The summed E-state index contributed by atoms with van der Waals surface area (Å²) in [6, 6.07) is 8.85. The van der Waals surface area contributed by atoms with Crippen molar-refractivity contribution in [1.82, 2.24) is 10.2 Å². The van der Waals surface area contributed by atoms with Gasteiger partial charge < -0.3 is 15.3 Å². The van der Waals surface area contributed by atoms with Gasteiger partial charge in [-0.25, -0.2) is 0 Å². The lowest BCUT2D eigenvalue weighted by Crippen LogP contribution is -2.47. The van der Waals surface area contributed by atoms with Crippen LogP contribution in [0.15, 0.2) is 59.5 Å². The van der Waals surface area contributed by atoms with Crippen LogP contribution in [0.2, 0.25) is 0 Å². The number of carbonyl (C=O) groups excluding carboxylic acids is 1. The minimum absolute atomic E-state index is 0.0688. The molecule has 2 aliphatic heterocycles. The molecule has 1 aromatic carbocycles. The second-order valence-electron chi connectivity index (χ2n) is 9.39. The smallest absolute Gasteiger partial charge is 0.252 e. The summed E-state index contributed by atoms with van der Waals surface area (Å²) in [6.45, 7) is 6.38. The topological polar surface area (TPSA) is 52.6 Å². The largest absolute Gasteiger partial charge is 0.396 e. The van der Waals surface area contributed by atoms with Gasteiger partial charge in [-0.3, -0.25) is 4.79 Å². The number of amides is 1. The van der Waals surface area contributed by atoms with Crippen LogP contribution in [-0.2, 0) is 16.6 Å². The molecule has 1 fully saturated rings. The number of fused-ring (bicyclic) bond motifs is 2. The first-order valence-corrected chi connectivity index (χ1v) is 11.5. The molecular formula is C26H32N2O2. The van der Waals surface area contributed by atoms with E-state index in [0.717, 1.165) is 87.0 Å². The Bertz CT molecular complexity index is 934. The molecule has 2 heterocycles. The lowest BCUT2D eigenvalue weighted by Gasteiger charge is -2.45. The van der Waals surface area contributed by atoms with E-state index in [4.69, 9.17) is 0 Å². The number of rotatable bonds is 3. The summed E-state index contributed by atoms with van der Waals surface area (Å²) < 4.78 is 0. The van der Waals surface area contributed by atoms with Crippen molar-refractivity contribution < 1.29 is 9.90 Å². The molecule has 5 rings (SSSR count). The zero-order valence-electron chi connectivity index (χ0n) is 17.8. The van der Waals surface area contributed by atoms with Crippen molar-refractivity contribution in [3.63, 3.8) is 0 Å². The Kier molecular flexibility index (Phi) is 5.06. The highest BCUT2D eigenvalue weighted by Gasteiger charge is 2.48. The molecule has 0 radical (unpaired) electrons. The summed E-state index contributed by atoms with van der Waals surface area (Å²) in [5.74, 6) is 1.49. The van der Waals surface area contributed by atoms with E-state index < -0.39 is 0 Å². The van der Waals surface area contributed by atoms with Crippen LogP contribution in [0, 0.1) is 5.92 Å². The van der Waals surface area contributed by atoms with Crippen LogP contribution in [0.1, 0.15) is 56.1 Å². The van der Waals surface area contributed by atoms with E-state index in [-0.39, 0.29) is 17.9 Å². The Balaban J connectivity index is 1.37. The van der Waals surface area contributed by atoms with E-state index in [1.807, 2.05) is 0 Å². The summed E-state index contributed by atoms with van der Waals surface area (Å²) in [7, 11) is 0. The van der Waals surface area contributed by atoms with Crippen molar-refractivity contribution in [2.45, 2.75) is 56.8 Å². The summed E-state index contributed by atoms with van der Waals surface area (Å²) in [4.78, 5) is 15.2. The van der Waals surface area contributed by atoms with Crippen molar-refractivity contribution in [2.75, 3.05) is 19.7 Å². The molecule has 2 N–H and O–H groups in total. The molecule has 30 heavy (non-hydrogen) atoms. The second-order valence-corrected chi connectivity index (χ2v) is 9.39. The Hall–Kier alpha value is -2.33. The zero-order chi connectivity index (χ0) is 20.7. The number of likely N-dealkylation sites (tertiary alicyclic amines) is 1. The van der Waals surface area contributed by atoms with Gasteiger partial charge in [0, 0.05) is 30.7 Å². The number of carbonyl (C=O) groups is 1. The first-order valence-electron chi connectivity index (χ1n) is 11.5. The van der Waals surface area contributed by atoms with E-state index >= 15 is 0 Å². The minimum atomic E-state index is 0.0688. The lowest BCUT2D eigenvalue weighted by molar-refractivity contribution is -0.117. The Morgan fingerprint density at radius 1 is 1.13 bits per heavy atom. The number of aliphatic hydroxyl groups excluding tert-OH is 1. The maximum absolute atomic E-state index is 12.9. The van der Waals surface area contributed by atoms with Crippen LogP contribution in [0.5, 0.6) is 0 Å². The van der Waals surface area contributed by atoms with Crippen LogP contribution < -0.4 is 5.32 Å². The molecule has 4 nitrogen and oxygen atoms in total. The summed E-state index contributed by atoms with van der Waals surface area (Å²) >= 11 is 0. The number of benzene rings is 1. The average molecular weight is 405 g/mol. The molecule has 0 saturated carbocycles. The summed E-state index contributed by atoms with van der Waals surface area (Å²) in [5, 5.41) is 12.9. The fraction of sp³-hybridized carbons (Fsp3) is 0.500. The van der Waals surface area contributed by atoms with Gasteiger partial charge in [-0.2, -0.15) is 0 Å². The number of nitrogens with zero attached hydrogens (tertiary/aromatic N) is 1. The maximum atomic E-state index is 12.9. The fourth-order valence-electron chi connectivity index (χ4n) is 6.38. The molecule has 1 amide bonds. The van der Waals surface area contributed by atoms with Gasteiger partial charge in [0.1, 0.15) is 5.82 Å². The van der Waals surface area contributed by atoms with Crippen molar-refractivity contribution in [2.24, 2.45) is 5.92 Å². The molecule has 1 saturated heterocycles. The maximum Gasteiger partial charge on any atom is 0.252 e. The van der Waals surface area contributed by atoms with E-state index in [9.17, 15) is 9.90 Å². The Morgan fingerprint density at radius 2 is 1.87 bits per heavy atom. The normalized spacial score (nSPS) is 25.6. The van der Waals surface area contributed by atoms with Gasteiger partial charge in [-0.15, -0.1) is 0 Å². The minimum Gasteiger partial charge on any atom is -0.396 e. The quantitative estimate of drug-likeness (QED) is 0.801. The third-order valence-corrected chi connectivity index (χ3v) is 7.96. The van der Waals surface area contributed by atoms with Crippen LogP contribution in [-0.4, -0.2) is 35.6 Å². The molecule has 4 aliphatic rings. The summed E-state index contributed by atoms with van der Waals surface area (Å²) in [6.07, 6.45) is 10.2. The molecule has 1 unspecified atom stereocenters. The van der Waals surface area contributed by atoms with E-state index in [2.05, 4.69) is 47.1 Å². The van der Waals surface area contributed by atoms with Crippen molar-refractivity contribution in [3.8, 4) is 0 Å². The number of nitrogens with one attached hydrogen (secondary N) is 1. The number of allylic oxidation sites excluding steroid dienone is 3. The average Bonchev–Trinajstić information content (AvgIpc) is 2.99.